The van der Waals surface area contributed by atoms with E-state index in [2.05, 4.69) is 4.74 Å². The van der Waals surface area contributed by atoms with Gasteiger partial charge in [-0.25, -0.2) is 4.79 Å². The number of carbonyl (C=O) groups is 1. The second kappa shape index (κ2) is 5.63. The average molecular weight is 227 g/mol. The van der Waals surface area contributed by atoms with Gasteiger partial charge in [0.05, 0.1) is 12.7 Å². The van der Waals surface area contributed by atoms with Crippen molar-refractivity contribution in [2.75, 3.05) is 12.9 Å². The van der Waals surface area contributed by atoms with Gasteiger partial charge in [-0.15, -0.1) is 0 Å². The van der Waals surface area contributed by atoms with E-state index in [1.54, 1.807) is 24.3 Å². The molecule has 1 aromatic carbocycles. The number of methoxy groups -OCH3 is 1. The third-order valence-corrected chi connectivity index (χ3v) is 2.47. The Morgan fingerprint density at radius 1 is 1.40 bits per heavy atom. The van der Waals surface area contributed by atoms with Gasteiger partial charge >= 0.3 is 5.97 Å². The molecule has 0 saturated heterocycles. The van der Waals surface area contributed by atoms with Crippen LogP contribution in [-0.2, 0) is 22.2 Å². The van der Waals surface area contributed by atoms with E-state index in [4.69, 9.17) is 0 Å². The molecule has 0 N–H and O–H groups in total. The molecule has 82 valence electrons. The van der Waals surface area contributed by atoms with Crippen molar-refractivity contribution in [1.82, 2.24) is 0 Å². The van der Waals surface area contributed by atoms with Gasteiger partial charge in [0.1, 0.15) is 0 Å². The first kappa shape index (κ1) is 11.9. The number of aryl methyl sites for hydroxylation is 1. The fraction of sp³-hybridized carbons (Fsp3) is 0.300. The third-order valence-electron chi connectivity index (χ3n) is 1.93. The van der Waals surface area contributed by atoms with Gasteiger partial charge in [0.25, 0.3) is 0 Å². The Bertz CT molecular complexity index is 358. The van der Waals surface area contributed by atoms with Crippen LogP contribution >= 0.6 is 0 Å². The molecule has 1 aromatic rings. The minimum atomic E-state index is -2.02. The smallest absolute Gasteiger partial charge is 0.337 e. The first-order valence-electron chi connectivity index (χ1n) is 4.36. The highest BCUT2D eigenvalue weighted by Crippen LogP contribution is 2.06. The van der Waals surface area contributed by atoms with Crippen molar-refractivity contribution in [2.45, 2.75) is 6.42 Å². The molecule has 4 nitrogen and oxygen atoms in total. The Kier molecular flexibility index (Phi) is 4.45. The molecule has 1 atom stereocenters. The lowest BCUT2D eigenvalue weighted by atomic mass is 10.1. The number of hydrogen-bond acceptors (Lipinski definition) is 4. The minimum Gasteiger partial charge on any atom is -0.772 e. The Morgan fingerprint density at radius 3 is 2.47 bits per heavy atom. The Labute approximate surface area is 90.5 Å². The van der Waals surface area contributed by atoms with Crippen LogP contribution in [0.3, 0.4) is 0 Å². The maximum absolute atomic E-state index is 11.1. The Hall–Kier alpha value is -1.20. The van der Waals surface area contributed by atoms with Crippen LogP contribution in [0.2, 0.25) is 0 Å². The van der Waals surface area contributed by atoms with E-state index in [9.17, 15) is 13.6 Å². The monoisotopic (exact) mass is 227 g/mol. The zero-order valence-electron chi connectivity index (χ0n) is 8.26. The predicted molar refractivity (Wildman–Crippen MR) is 55.3 cm³/mol. The van der Waals surface area contributed by atoms with Crippen molar-refractivity contribution >= 4 is 17.0 Å². The third kappa shape index (κ3) is 3.81. The quantitative estimate of drug-likeness (QED) is 0.566. The van der Waals surface area contributed by atoms with Gasteiger partial charge in [0.2, 0.25) is 0 Å². The summed E-state index contributed by atoms with van der Waals surface area (Å²) in [5.41, 5.74) is 1.34. The van der Waals surface area contributed by atoms with Crippen molar-refractivity contribution in [3.63, 3.8) is 0 Å². The summed E-state index contributed by atoms with van der Waals surface area (Å²) in [6, 6.07) is 6.68. The molecule has 0 heterocycles. The molecule has 0 radical (unpaired) electrons. The lowest BCUT2D eigenvalue weighted by Gasteiger charge is -2.05. The molecule has 0 bridgehead atoms. The zero-order valence-corrected chi connectivity index (χ0v) is 9.08. The largest absolute Gasteiger partial charge is 0.772 e. The summed E-state index contributed by atoms with van der Waals surface area (Å²) in [7, 11) is 1.32. The van der Waals surface area contributed by atoms with E-state index in [-0.39, 0.29) is 5.75 Å². The molecule has 0 amide bonds. The van der Waals surface area contributed by atoms with Crippen molar-refractivity contribution in [3.8, 4) is 0 Å². The lowest BCUT2D eigenvalue weighted by Crippen LogP contribution is -2.02. The maximum atomic E-state index is 11.1. The number of rotatable bonds is 4. The molecule has 0 aliphatic heterocycles. The second-order valence-electron chi connectivity index (χ2n) is 2.95. The molecule has 0 spiro atoms. The van der Waals surface area contributed by atoms with Gasteiger partial charge in [0, 0.05) is 5.75 Å². The number of carbonyl (C=O) groups excluding carboxylic acids is 1. The molecule has 0 fully saturated rings. The highest BCUT2D eigenvalue weighted by molar-refractivity contribution is 7.79. The normalized spacial score (nSPS) is 12.1. The number of hydrogen-bond donors (Lipinski definition) is 0. The van der Waals surface area contributed by atoms with Crippen LogP contribution in [0, 0.1) is 0 Å². The van der Waals surface area contributed by atoms with Crippen molar-refractivity contribution in [2.24, 2.45) is 0 Å². The standard InChI is InChI=1S/C10H12O4S/c1-14-10(11)9-4-2-8(3-5-9)6-7-15(12)13/h2-5H,6-7H2,1H3,(H,12,13)/p-1. The van der Waals surface area contributed by atoms with Gasteiger partial charge in [-0.1, -0.05) is 23.2 Å². The predicted octanol–water partition coefficient (Wildman–Crippen LogP) is 0.895. The fourth-order valence-corrected chi connectivity index (χ4v) is 1.53. The summed E-state index contributed by atoms with van der Waals surface area (Å²) in [5.74, 6) is -0.300. The van der Waals surface area contributed by atoms with Gasteiger partial charge in [0.15, 0.2) is 0 Å². The SMILES string of the molecule is COC(=O)c1ccc(CCS(=O)[O-])cc1. The van der Waals surface area contributed by atoms with E-state index < -0.39 is 17.0 Å². The highest BCUT2D eigenvalue weighted by Gasteiger charge is 2.03. The first-order valence-corrected chi connectivity index (χ1v) is 5.61. The highest BCUT2D eigenvalue weighted by atomic mass is 32.2. The number of esters is 1. The summed E-state index contributed by atoms with van der Waals surface area (Å²) in [5, 5.41) is 0. The molecule has 0 aliphatic carbocycles. The maximum Gasteiger partial charge on any atom is 0.337 e. The molecular weight excluding hydrogens is 216 g/mol. The Balaban J connectivity index is 2.64. The zero-order chi connectivity index (χ0) is 11.3. The molecule has 0 saturated carbocycles. The minimum absolute atomic E-state index is 0.0948. The van der Waals surface area contributed by atoms with Crippen LogP contribution in [0.1, 0.15) is 15.9 Å². The lowest BCUT2D eigenvalue weighted by molar-refractivity contribution is 0.0600. The molecular formula is C10H11O4S-. The van der Waals surface area contributed by atoms with Crippen molar-refractivity contribution in [3.05, 3.63) is 35.4 Å². The molecule has 1 unspecified atom stereocenters. The van der Waals surface area contributed by atoms with Crippen LogP contribution in [0.5, 0.6) is 0 Å². The van der Waals surface area contributed by atoms with E-state index in [1.807, 2.05) is 0 Å². The number of ether oxygens (including phenoxy) is 1. The second-order valence-corrected chi connectivity index (χ2v) is 3.96. The average Bonchev–Trinajstić information content (AvgIpc) is 2.26. The molecule has 0 aromatic heterocycles. The number of benzene rings is 1. The summed E-state index contributed by atoms with van der Waals surface area (Å²) in [6.07, 6.45) is 0.456. The summed E-state index contributed by atoms with van der Waals surface area (Å²) in [4.78, 5) is 11.1. The van der Waals surface area contributed by atoms with E-state index in [0.717, 1.165) is 5.56 Å². The van der Waals surface area contributed by atoms with Crippen LogP contribution < -0.4 is 0 Å². The summed E-state index contributed by atoms with van der Waals surface area (Å²) in [6.45, 7) is 0. The van der Waals surface area contributed by atoms with E-state index >= 15 is 0 Å². The van der Waals surface area contributed by atoms with E-state index in [1.165, 1.54) is 7.11 Å². The van der Waals surface area contributed by atoms with Crippen LogP contribution in [0.25, 0.3) is 0 Å². The summed E-state index contributed by atoms with van der Waals surface area (Å²) < 4.78 is 25.2. The van der Waals surface area contributed by atoms with Crippen LogP contribution in [0.4, 0.5) is 0 Å². The van der Waals surface area contributed by atoms with E-state index in [0.29, 0.717) is 12.0 Å². The first-order chi connectivity index (χ1) is 7.13. The molecule has 5 heteroatoms. The summed E-state index contributed by atoms with van der Waals surface area (Å²) >= 11 is -2.02. The molecule has 1 rings (SSSR count). The molecule has 0 aliphatic rings. The van der Waals surface area contributed by atoms with Crippen molar-refractivity contribution in [1.29, 1.82) is 0 Å². The van der Waals surface area contributed by atoms with Crippen molar-refractivity contribution < 1.29 is 18.3 Å². The van der Waals surface area contributed by atoms with Gasteiger partial charge in [-0.05, 0) is 24.1 Å². The van der Waals surface area contributed by atoms with Crippen LogP contribution in [0.15, 0.2) is 24.3 Å². The van der Waals surface area contributed by atoms with Crippen LogP contribution in [-0.4, -0.2) is 27.6 Å². The van der Waals surface area contributed by atoms with Gasteiger partial charge in [-0.3, -0.25) is 4.21 Å². The van der Waals surface area contributed by atoms with Gasteiger partial charge in [-0.2, -0.15) is 0 Å². The topological polar surface area (TPSA) is 66.4 Å². The van der Waals surface area contributed by atoms with Gasteiger partial charge < -0.3 is 9.29 Å². The Morgan fingerprint density at radius 2 is 2.00 bits per heavy atom. The molecule has 15 heavy (non-hydrogen) atoms. The fourth-order valence-electron chi connectivity index (χ4n) is 1.13.